The van der Waals surface area contributed by atoms with E-state index in [1.54, 1.807) is 28.9 Å². The van der Waals surface area contributed by atoms with Gasteiger partial charge in [-0.2, -0.15) is 5.10 Å². The Hall–Kier alpha value is -3.48. The van der Waals surface area contributed by atoms with Gasteiger partial charge >= 0.3 is 0 Å². The minimum Gasteiger partial charge on any atom is -0.349 e. The van der Waals surface area contributed by atoms with Crippen LogP contribution >= 0.6 is 0 Å². The molecule has 2 heterocycles. The summed E-state index contributed by atoms with van der Waals surface area (Å²) in [5.74, 6) is -0.431. The first kappa shape index (κ1) is 20.4. The molecule has 1 fully saturated rings. The van der Waals surface area contributed by atoms with Crippen molar-refractivity contribution in [2.75, 3.05) is 13.1 Å². The van der Waals surface area contributed by atoms with E-state index in [4.69, 9.17) is 0 Å². The molecule has 1 aliphatic carbocycles. The highest BCUT2D eigenvalue weighted by atomic mass is 19.1. The molecule has 7 heteroatoms. The third-order valence-electron chi connectivity index (χ3n) is 6.36. The number of hydrogen-bond acceptors (Lipinski definition) is 3. The van der Waals surface area contributed by atoms with E-state index in [0.29, 0.717) is 37.2 Å². The number of hydrogen-bond donors (Lipinski definition) is 1. The van der Waals surface area contributed by atoms with Crippen LogP contribution in [0.15, 0.2) is 54.6 Å². The number of carbonyl (C=O) groups is 2. The van der Waals surface area contributed by atoms with Crippen LogP contribution in [0.5, 0.6) is 0 Å². The van der Waals surface area contributed by atoms with E-state index in [9.17, 15) is 14.0 Å². The van der Waals surface area contributed by atoms with Crippen LogP contribution < -0.4 is 5.32 Å². The van der Waals surface area contributed by atoms with Gasteiger partial charge in [0.15, 0.2) is 5.69 Å². The smallest absolute Gasteiger partial charge is 0.274 e. The van der Waals surface area contributed by atoms with E-state index < -0.39 is 0 Å². The third kappa shape index (κ3) is 3.90. The molecule has 1 saturated heterocycles. The lowest BCUT2D eigenvalue weighted by Gasteiger charge is -2.32. The Labute approximate surface area is 186 Å². The normalized spacial score (nSPS) is 16.1. The molecule has 6 nitrogen and oxygen atoms in total. The second kappa shape index (κ2) is 8.57. The van der Waals surface area contributed by atoms with Crippen molar-refractivity contribution in [2.45, 2.75) is 38.1 Å². The minimum atomic E-state index is -0.295. The van der Waals surface area contributed by atoms with E-state index in [2.05, 4.69) is 10.4 Å². The van der Waals surface area contributed by atoms with Crippen molar-refractivity contribution in [3.63, 3.8) is 0 Å². The summed E-state index contributed by atoms with van der Waals surface area (Å²) in [7, 11) is 0. The molecule has 164 valence electrons. The van der Waals surface area contributed by atoms with Crippen LogP contribution in [-0.2, 0) is 12.8 Å². The maximum Gasteiger partial charge on any atom is 0.274 e. The topological polar surface area (TPSA) is 67.2 Å². The molecule has 2 aromatic carbocycles. The van der Waals surface area contributed by atoms with Gasteiger partial charge < -0.3 is 10.2 Å². The van der Waals surface area contributed by atoms with Crippen LogP contribution in [-0.4, -0.2) is 45.6 Å². The number of piperidine rings is 1. The lowest BCUT2D eigenvalue weighted by molar-refractivity contribution is 0.0691. The molecule has 0 saturated carbocycles. The Morgan fingerprint density at radius 2 is 1.69 bits per heavy atom. The molecule has 0 radical (unpaired) electrons. The zero-order valence-corrected chi connectivity index (χ0v) is 17.8. The molecule has 5 rings (SSSR count). The summed E-state index contributed by atoms with van der Waals surface area (Å²) in [6.45, 7) is 1.16. The molecule has 2 aliphatic rings. The highest BCUT2D eigenvalue weighted by Gasteiger charge is 2.31. The van der Waals surface area contributed by atoms with E-state index >= 15 is 0 Å². The molecular formula is C25H25FN4O2. The molecule has 1 N–H and O–H groups in total. The Morgan fingerprint density at radius 3 is 2.41 bits per heavy atom. The maximum absolute atomic E-state index is 13.3. The van der Waals surface area contributed by atoms with Gasteiger partial charge in [0.2, 0.25) is 0 Å². The van der Waals surface area contributed by atoms with Gasteiger partial charge in [-0.05, 0) is 68.5 Å². The Morgan fingerprint density at radius 1 is 0.969 bits per heavy atom. The number of halogens is 1. The van der Waals surface area contributed by atoms with Gasteiger partial charge in [-0.25, -0.2) is 9.07 Å². The summed E-state index contributed by atoms with van der Waals surface area (Å²) in [6.07, 6.45) is 4.11. The van der Waals surface area contributed by atoms with Crippen molar-refractivity contribution in [3.8, 4) is 5.69 Å². The summed E-state index contributed by atoms with van der Waals surface area (Å²) < 4.78 is 15.1. The van der Waals surface area contributed by atoms with E-state index in [0.717, 1.165) is 36.2 Å². The molecule has 1 aliphatic heterocycles. The van der Waals surface area contributed by atoms with Gasteiger partial charge in [0.05, 0.1) is 5.69 Å². The number of amides is 2. The fraction of sp³-hybridized carbons (Fsp3) is 0.320. The second-order valence-corrected chi connectivity index (χ2v) is 8.42. The van der Waals surface area contributed by atoms with Gasteiger partial charge in [-0.1, -0.05) is 18.2 Å². The predicted molar refractivity (Wildman–Crippen MR) is 118 cm³/mol. The average Bonchev–Trinajstić information content (AvgIpc) is 3.43. The largest absolute Gasteiger partial charge is 0.349 e. The Kier molecular flexibility index (Phi) is 5.47. The van der Waals surface area contributed by atoms with Gasteiger partial charge in [-0.3, -0.25) is 9.59 Å². The van der Waals surface area contributed by atoms with Crippen LogP contribution in [0, 0.1) is 5.82 Å². The number of aromatic nitrogens is 2. The van der Waals surface area contributed by atoms with E-state index in [-0.39, 0.29) is 23.7 Å². The fourth-order valence-corrected chi connectivity index (χ4v) is 4.64. The summed E-state index contributed by atoms with van der Waals surface area (Å²) in [5.41, 5.74) is 3.98. The van der Waals surface area contributed by atoms with E-state index in [1.807, 2.05) is 23.1 Å². The van der Waals surface area contributed by atoms with Gasteiger partial charge in [-0.15, -0.1) is 0 Å². The molecular weight excluding hydrogens is 407 g/mol. The average molecular weight is 432 g/mol. The molecule has 3 aromatic rings. The zero-order chi connectivity index (χ0) is 22.1. The number of benzene rings is 2. The van der Waals surface area contributed by atoms with Crippen LogP contribution in [0.25, 0.3) is 5.69 Å². The quantitative estimate of drug-likeness (QED) is 0.686. The predicted octanol–water partition coefficient (Wildman–Crippen LogP) is 3.53. The second-order valence-electron chi connectivity index (χ2n) is 8.42. The summed E-state index contributed by atoms with van der Waals surface area (Å²) in [4.78, 5) is 27.6. The highest BCUT2D eigenvalue weighted by molar-refractivity contribution is 5.95. The fourth-order valence-electron chi connectivity index (χ4n) is 4.64. The van der Waals surface area contributed by atoms with Gasteiger partial charge in [0, 0.05) is 36.0 Å². The maximum atomic E-state index is 13.3. The van der Waals surface area contributed by atoms with E-state index in [1.165, 1.54) is 12.1 Å². The summed E-state index contributed by atoms with van der Waals surface area (Å²) in [5, 5.41) is 7.73. The number of carbonyl (C=O) groups excluding carboxylic acids is 2. The number of rotatable bonds is 4. The minimum absolute atomic E-state index is 0.0502. The molecule has 0 spiro atoms. The molecule has 0 bridgehead atoms. The Balaban J connectivity index is 1.27. The van der Waals surface area contributed by atoms with Crippen LogP contribution in [0.1, 0.15) is 51.4 Å². The third-order valence-corrected chi connectivity index (χ3v) is 6.36. The first-order valence-corrected chi connectivity index (χ1v) is 11.1. The SMILES string of the molecule is O=C(NC1CCN(C(=O)c2nn(-c3ccc(F)cc3)c3c2CCC3)CC1)c1ccccc1. The van der Waals surface area contributed by atoms with Crippen LogP contribution in [0.4, 0.5) is 4.39 Å². The molecule has 0 unspecified atom stereocenters. The number of likely N-dealkylation sites (tertiary alicyclic amines) is 1. The molecule has 1 aromatic heterocycles. The van der Waals surface area contributed by atoms with Crippen LogP contribution in [0.2, 0.25) is 0 Å². The molecule has 0 atom stereocenters. The Bertz CT molecular complexity index is 1130. The first-order valence-electron chi connectivity index (χ1n) is 11.1. The lowest BCUT2D eigenvalue weighted by Crippen LogP contribution is -2.46. The van der Waals surface area contributed by atoms with Crippen LogP contribution in [0.3, 0.4) is 0 Å². The van der Waals surface area contributed by atoms with Crippen molar-refractivity contribution in [1.29, 1.82) is 0 Å². The number of nitrogens with zero attached hydrogens (tertiary/aromatic N) is 3. The number of nitrogens with one attached hydrogen (secondary N) is 1. The lowest BCUT2D eigenvalue weighted by atomic mass is 10.0. The summed E-state index contributed by atoms with van der Waals surface area (Å²) in [6, 6.07) is 15.4. The monoisotopic (exact) mass is 432 g/mol. The standard InChI is InChI=1S/C25H25FN4O2/c26-18-9-11-20(12-10-18)30-22-8-4-7-21(22)23(28-30)25(32)29-15-13-19(14-16-29)27-24(31)17-5-2-1-3-6-17/h1-3,5-6,9-12,19H,4,7-8,13-16H2,(H,27,31). The highest BCUT2D eigenvalue weighted by Crippen LogP contribution is 2.29. The van der Waals surface area contributed by atoms with Gasteiger partial charge in [0.25, 0.3) is 11.8 Å². The van der Waals surface area contributed by atoms with Crippen molar-refractivity contribution >= 4 is 11.8 Å². The van der Waals surface area contributed by atoms with Gasteiger partial charge in [0.1, 0.15) is 5.82 Å². The summed E-state index contributed by atoms with van der Waals surface area (Å²) >= 11 is 0. The van der Waals surface area contributed by atoms with Crippen molar-refractivity contribution in [1.82, 2.24) is 20.0 Å². The van der Waals surface area contributed by atoms with Crippen molar-refractivity contribution < 1.29 is 14.0 Å². The van der Waals surface area contributed by atoms with Crippen molar-refractivity contribution in [2.24, 2.45) is 0 Å². The molecule has 32 heavy (non-hydrogen) atoms. The zero-order valence-electron chi connectivity index (χ0n) is 17.8. The van der Waals surface area contributed by atoms with Crippen molar-refractivity contribution in [3.05, 3.63) is 82.9 Å². The number of fused-ring (bicyclic) bond motifs is 1. The molecule has 2 amide bonds. The first-order chi connectivity index (χ1) is 15.6.